The van der Waals surface area contributed by atoms with Gasteiger partial charge in [-0.1, -0.05) is 0 Å². The lowest BCUT2D eigenvalue weighted by Gasteiger charge is -2.24. The molecule has 7 nitrogen and oxygen atoms in total. The quantitative estimate of drug-likeness (QED) is 0.828. The lowest BCUT2D eigenvalue weighted by molar-refractivity contribution is -0.117. The second-order valence-electron chi connectivity index (χ2n) is 6.73. The highest BCUT2D eigenvalue weighted by molar-refractivity contribution is 5.97. The van der Waals surface area contributed by atoms with Gasteiger partial charge in [0.2, 0.25) is 5.91 Å². The normalized spacial score (nSPS) is 23.5. The minimum absolute atomic E-state index is 0.0355. The predicted octanol–water partition coefficient (Wildman–Crippen LogP) is 1.08. The summed E-state index contributed by atoms with van der Waals surface area (Å²) >= 11 is 0. The number of nitrogens with zero attached hydrogens (tertiary/aromatic N) is 5. The maximum absolute atomic E-state index is 12.7. The van der Waals surface area contributed by atoms with E-state index in [1.165, 1.54) is 6.33 Å². The molecule has 2 aromatic rings. The van der Waals surface area contributed by atoms with Crippen LogP contribution in [0, 0.1) is 5.41 Å². The molecule has 0 saturated carbocycles. The summed E-state index contributed by atoms with van der Waals surface area (Å²) in [6.45, 7) is 1.93. The van der Waals surface area contributed by atoms with E-state index >= 15 is 0 Å². The number of anilines is 1. The zero-order chi connectivity index (χ0) is 16.7. The van der Waals surface area contributed by atoms with Gasteiger partial charge in [0, 0.05) is 44.7 Å². The van der Waals surface area contributed by atoms with Crippen LogP contribution in [-0.4, -0.2) is 50.9 Å². The van der Waals surface area contributed by atoms with Crippen molar-refractivity contribution in [3.8, 4) is 0 Å². The molecule has 0 aromatic carbocycles. The molecule has 0 radical (unpaired) electrons. The van der Waals surface area contributed by atoms with Crippen molar-refractivity contribution in [3.63, 3.8) is 0 Å². The topological polar surface area (TPSA) is 71.3 Å². The number of hydrogen-bond acceptors (Lipinski definition) is 4. The maximum Gasteiger partial charge on any atom is 0.270 e. The van der Waals surface area contributed by atoms with Crippen LogP contribution in [0.1, 0.15) is 23.3 Å². The van der Waals surface area contributed by atoms with Crippen molar-refractivity contribution in [2.75, 3.05) is 24.5 Å². The summed E-state index contributed by atoms with van der Waals surface area (Å²) in [7, 11) is 1.87. The smallest absolute Gasteiger partial charge is 0.270 e. The average molecular weight is 325 g/mol. The van der Waals surface area contributed by atoms with Crippen LogP contribution in [0.2, 0.25) is 0 Å². The molecule has 2 aromatic heterocycles. The van der Waals surface area contributed by atoms with E-state index in [-0.39, 0.29) is 17.2 Å². The van der Waals surface area contributed by atoms with E-state index in [9.17, 15) is 9.59 Å². The second-order valence-corrected chi connectivity index (χ2v) is 6.73. The van der Waals surface area contributed by atoms with Crippen molar-refractivity contribution < 1.29 is 9.59 Å². The first-order valence-electron chi connectivity index (χ1n) is 8.04. The number of likely N-dealkylation sites (tertiary alicyclic amines) is 1. The molecule has 2 aliphatic rings. The molecule has 2 aliphatic heterocycles. The Balaban J connectivity index is 1.51. The van der Waals surface area contributed by atoms with Gasteiger partial charge in [0.1, 0.15) is 12.0 Å². The second kappa shape index (κ2) is 5.43. The fourth-order valence-corrected chi connectivity index (χ4v) is 3.79. The summed E-state index contributed by atoms with van der Waals surface area (Å²) in [6, 6.07) is 3.70. The van der Waals surface area contributed by atoms with Crippen molar-refractivity contribution in [2.24, 2.45) is 12.5 Å². The molecule has 4 heterocycles. The number of hydrogen-bond donors (Lipinski definition) is 0. The Morgan fingerprint density at radius 3 is 2.75 bits per heavy atom. The first kappa shape index (κ1) is 14.9. The first-order valence-corrected chi connectivity index (χ1v) is 8.04. The number of amides is 2. The summed E-state index contributed by atoms with van der Waals surface area (Å²) in [5, 5.41) is 0. The van der Waals surface area contributed by atoms with Crippen LogP contribution in [-0.2, 0) is 11.8 Å². The van der Waals surface area contributed by atoms with Gasteiger partial charge < -0.3 is 14.4 Å². The minimum Gasteiger partial charge on any atom is -0.347 e. The fourth-order valence-electron chi connectivity index (χ4n) is 3.79. The van der Waals surface area contributed by atoms with Gasteiger partial charge >= 0.3 is 0 Å². The van der Waals surface area contributed by atoms with Crippen LogP contribution in [0.3, 0.4) is 0 Å². The zero-order valence-corrected chi connectivity index (χ0v) is 13.6. The van der Waals surface area contributed by atoms with Gasteiger partial charge in [-0.25, -0.2) is 9.97 Å². The van der Waals surface area contributed by atoms with Crippen LogP contribution in [0.5, 0.6) is 0 Å². The fraction of sp³-hybridized carbons (Fsp3) is 0.412. The van der Waals surface area contributed by atoms with Crippen LogP contribution >= 0.6 is 0 Å². The van der Waals surface area contributed by atoms with Crippen molar-refractivity contribution >= 4 is 17.5 Å². The molecular weight excluding hydrogens is 306 g/mol. The molecular formula is C17H19N5O2. The third-order valence-corrected chi connectivity index (χ3v) is 5.07. The first-order chi connectivity index (χ1) is 11.6. The number of carbonyl (C=O) groups is 2. The van der Waals surface area contributed by atoms with Crippen molar-refractivity contribution in [1.82, 2.24) is 19.4 Å². The van der Waals surface area contributed by atoms with Gasteiger partial charge in [-0.15, -0.1) is 0 Å². The molecule has 7 heteroatoms. The Labute approximate surface area is 139 Å². The third-order valence-electron chi connectivity index (χ3n) is 5.07. The summed E-state index contributed by atoms with van der Waals surface area (Å²) < 4.78 is 1.83. The summed E-state index contributed by atoms with van der Waals surface area (Å²) in [6.07, 6.45) is 7.96. The van der Waals surface area contributed by atoms with Crippen molar-refractivity contribution in [2.45, 2.75) is 12.8 Å². The molecule has 2 amide bonds. The Morgan fingerprint density at radius 1 is 1.25 bits per heavy atom. The molecule has 2 fully saturated rings. The van der Waals surface area contributed by atoms with Gasteiger partial charge in [-0.3, -0.25) is 9.59 Å². The van der Waals surface area contributed by atoms with Crippen molar-refractivity contribution in [1.29, 1.82) is 0 Å². The number of aromatic nitrogens is 3. The van der Waals surface area contributed by atoms with E-state index in [0.717, 1.165) is 12.1 Å². The van der Waals surface area contributed by atoms with Gasteiger partial charge in [-0.05, 0) is 18.6 Å². The van der Waals surface area contributed by atoms with E-state index < -0.39 is 0 Å². The summed E-state index contributed by atoms with van der Waals surface area (Å²) in [4.78, 5) is 36.7. The molecule has 1 atom stereocenters. The van der Waals surface area contributed by atoms with E-state index in [4.69, 9.17) is 0 Å². The highest BCUT2D eigenvalue weighted by atomic mass is 16.2. The minimum atomic E-state index is -0.159. The largest absolute Gasteiger partial charge is 0.347 e. The molecule has 4 rings (SSSR count). The Kier molecular flexibility index (Phi) is 3.37. The SMILES string of the molecule is Cn1cccc1C(=O)N1CC[C@@]2(CC(=O)N(c3cncnc3)C2)C1. The summed E-state index contributed by atoms with van der Waals surface area (Å²) in [5.41, 5.74) is 1.25. The van der Waals surface area contributed by atoms with Crippen LogP contribution in [0.4, 0.5) is 5.69 Å². The Hall–Kier alpha value is -2.70. The van der Waals surface area contributed by atoms with Gasteiger partial charge in [0.05, 0.1) is 18.1 Å². The molecule has 0 N–H and O–H groups in total. The zero-order valence-electron chi connectivity index (χ0n) is 13.6. The maximum atomic E-state index is 12.7. The molecule has 124 valence electrons. The monoisotopic (exact) mass is 325 g/mol. The van der Waals surface area contributed by atoms with E-state index in [0.29, 0.717) is 31.7 Å². The Bertz CT molecular complexity index is 787. The highest BCUT2D eigenvalue weighted by Gasteiger charge is 2.49. The summed E-state index contributed by atoms with van der Waals surface area (Å²) in [5.74, 6) is 0.117. The highest BCUT2D eigenvalue weighted by Crippen LogP contribution is 2.41. The van der Waals surface area contributed by atoms with Crippen LogP contribution in [0.25, 0.3) is 0 Å². The van der Waals surface area contributed by atoms with Crippen LogP contribution < -0.4 is 4.90 Å². The van der Waals surface area contributed by atoms with Gasteiger partial charge in [-0.2, -0.15) is 0 Å². The number of aryl methyl sites for hydroxylation is 1. The lowest BCUT2D eigenvalue weighted by Crippen LogP contribution is -2.34. The average Bonchev–Trinajstić information content (AvgIpc) is 3.28. The molecule has 0 aliphatic carbocycles. The van der Waals surface area contributed by atoms with E-state index in [2.05, 4.69) is 9.97 Å². The molecule has 2 saturated heterocycles. The number of rotatable bonds is 2. The van der Waals surface area contributed by atoms with Crippen molar-refractivity contribution in [3.05, 3.63) is 42.7 Å². The molecule has 1 spiro atoms. The molecule has 0 unspecified atom stereocenters. The van der Waals surface area contributed by atoms with Gasteiger partial charge in [0.15, 0.2) is 0 Å². The van der Waals surface area contributed by atoms with Crippen LogP contribution in [0.15, 0.2) is 37.1 Å². The predicted molar refractivity (Wildman–Crippen MR) is 87.4 cm³/mol. The number of carbonyl (C=O) groups excluding carboxylic acids is 2. The molecule has 24 heavy (non-hydrogen) atoms. The third kappa shape index (κ3) is 2.36. The standard InChI is InChI=1S/C17H19N5O2/c1-20-5-2-3-14(20)16(24)21-6-4-17(10-21)7-15(23)22(11-17)13-8-18-12-19-9-13/h2-3,5,8-9,12H,4,6-7,10-11H2,1H3/t17-/m1/s1. The lowest BCUT2D eigenvalue weighted by atomic mass is 9.86. The van der Waals surface area contributed by atoms with Gasteiger partial charge in [0.25, 0.3) is 5.91 Å². The van der Waals surface area contributed by atoms with E-state index in [1.54, 1.807) is 17.3 Å². The Morgan fingerprint density at radius 2 is 2.04 bits per heavy atom. The molecule has 0 bridgehead atoms. The van der Waals surface area contributed by atoms with E-state index in [1.807, 2.05) is 34.8 Å².